The van der Waals surface area contributed by atoms with Gasteiger partial charge in [0, 0.05) is 27.8 Å². The van der Waals surface area contributed by atoms with Gasteiger partial charge in [-0.15, -0.1) is 11.8 Å². The first-order chi connectivity index (χ1) is 9.70. The molecule has 0 heterocycles. The van der Waals surface area contributed by atoms with Crippen molar-refractivity contribution in [1.29, 1.82) is 0 Å². The van der Waals surface area contributed by atoms with E-state index < -0.39 is 0 Å². The van der Waals surface area contributed by atoms with Gasteiger partial charge in [0.2, 0.25) is 0 Å². The van der Waals surface area contributed by atoms with Crippen LogP contribution in [0.15, 0.2) is 47.4 Å². The van der Waals surface area contributed by atoms with Gasteiger partial charge in [0.1, 0.15) is 5.82 Å². The van der Waals surface area contributed by atoms with Crippen LogP contribution in [0, 0.1) is 5.82 Å². The Bertz CT molecular complexity index is 537. The van der Waals surface area contributed by atoms with Gasteiger partial charge in [-0.3, -0.25) is 0 Å². The number of rotatable bonds is 6. The lowest BCUT2D eigenvalue weighted by Gasteiger charge is -2.07. The molecule has 0 amide bonds. The zero-order valence-corrected chi connectivity index (χ0v) is 12.9. The Morgan fingerprint density at radius 2 is 1.90 bits per heavy atom. The van der Waals surface area contributed by atoms with Crippen LogP contribution in [-0.2, 0) is 12.3 Å². The third-order valence-electron chi connectivity index (χ3n) is 2.95. The van der Waals surface area contributed by atoms with Crippen LogP contribution < -0.4 is 5.32 Å². The van der Waals surface area contributed by atoms with E-state index in [1.807, 2.05) is 0 Å². The minimum Gasteiger partial charge on any atom is -0.313 e. The molecule has 0 aliphatic heterocycles. The van der Waals surface area contributed by atoms with E-state index in [0.29, 0.717) is 16.3 Å². The molecule has 0 radical (unpaired) electrons. The monoisotopic (exact) mass is 309 g/mol. The lowest BCUT2D eigenvalue weighted by Crippen LogP contribution is -2.11. The van der Waals surface area contributed by atoms with Gasteiger partial charge in [-0.05, 0) is 36.4 Å². The lowest BCUT2D eigenvalue weighted by atomic mass is 10.2. The summed E-state index contributed by atoms with van der Waals surface area (Å²) in [6.45, 7) is 3.92. The van der Waals surface area contributed by atoms with Crippen molar-refractivity contribution in [2.24, 2.45) is 0 Å². The summed E-state index contributed by atoms with van der Waals surface area (Å²) in [4.78, 5) is 1.12. The van der Waals surface area contributed by atoms with Crippen molar-refractivity contribution < 1.29 is 4.39 Å². The molecule has 0 saturated heterocycles. The predicted molar refractivity (Wildman–Crippen MR) is 84.8 cm³/mol. The van der Waals surface area contributed by atoms with Crippen LogP contribution in [0.4, 0.5) is 4.39 Å². The van der Waals surface area contributed by atoms with Crippen LogP contribution in [0.3, 0.4) is 0 Å². The molecule has 106 valence electrons. The van der Waals surface area contributed by atoms with Crippen LogP contribution in [0.25, 0.3) is 0 Å². The molecule has 0 unspecified atom stereocenters. The molecule has 2 rings (SSSR count). The maximum absolute atomic E-state index is 13.7. The van der Waals surface area contributed by atoms with Crippen LogP contribution in [-0.4, -0.2) is 6.54 Å². The maximum Gasteiger partial charge on any atom is 0.128 e. The Morgan fingerprint density at radius 1 is 1.15 bits per heavy atom. The Hall–Kier alpha value is -1.03. The predicted octanol–water partition coefficient (Wildman–Crippen LogP) is 4.88. The summed E-state index contributed by atoms with van der Waals surface area (Å²) >= 11 is 7.61. The number of benzene rings is 2. The summed E-state index contributed by atoms with van der Waals surface area (Å²) < 4.78 is 13.7. The smallest absolute Gasteiger partial charge is 0.128 e. The van der Waals surface area contributed by atoms with Gasteiger partial charge in [-0.1, -0.05) is 36.7 Å². The average Bonchev–Trinajstić information content (AvgIpc) is 2.46. The molecule has 1 N–H and O–H groups in total. The summed E-state index contributed by atoms with van der Waals surface area (Å²) in [5.74, 6) is 0.298. The first-order valence-corrected chi connectivity index (χ1v) is 7.92. The first-order valence-electron chi connectivity index (χ1n) is 6.56. The topological polar surface area (TPSA) is 12.0 Å². The zero-order valence-electron chi connectivity index (χ0n) is 11.3. The molecule has 0 aliphatic rings. The highest BCUT2D eigenvalue weighted by Gasteiger charge is 2.07. The van der Waals surface area contributed by atoms with E-state index in [2.05, 4.69) is 36.5 Å². The van der Waals surface area contributed by atoms with E-state index in [1.54, 1.807) is 23.9 Å². The van der Waals surface area contributed by atoms with Gasteiger partial charge < -0.3 is 5.32 Å². The fourth-order valence-electron chi connectivity index (χ4n) is 1.80. The number of hydrogen-bond acceptors (Lipinski definition) is 2. The molecule has 2 aromatic carbocycles. The van der Waals surface area contributed by atoms with E-state index in [0.717, 1.165) is 18.0 Å². The van der Waals surface area contributed by atoms with E-state index in [1.165, 1.54) is 11.6 Å². The van der Waals surface area contributed by atoms with Crippen molar-refractivity contribution in [3.63, 3.8) is 0 Å². The molecule has 20 heavy (non-hydrogen) atoms. The van der Waals surface area contributed by atoms with Crippen molar-refractivity contribution in [3.8, 4) is 0 Å². The molecular formula is C16H17ClFNS. The van der Waals surface area contributed by atoms with Gasteiger partial charge in [0.05, 0.1) is 0 Å². The van der Waals surface area contributed by atoms with Crippen molar-refractivity contribution in [2.45, 2.75) is 24.1 Å². The normalized spacial score (nSPS) is 10.8. The minimum absolute atomic E-state index is 0.242. The molecule has 0 saturated carbocycles. The molecule has 0 aromatic heterocycles. The molecular weight excluding hydrogens is 293 g/mol. The second-order valence-corrected chi connectivity index (χ2v) is 5.87. The van der Waals surface area contributed by atoms with Crippen molar-refractivity contribution >= 4 is 23.4 Å². The summed E-state index contributed by atoms with van der Waals surface area (Å²) in [6, 6.07) is 13.1. The van der Waals surface area contributed by atoms with Gasteiger partial charge in [0.25, 0.3) is 0 Å². The molecule has 0 spiro atoms. The maximum atomic E-state index is 13.7. The summed E-state index contributed by atoms with van der Waals surface area (Å²) in [7, 11) is 0. The number of halogens is 2. The van der Waals surface area contributed by atoms with E-state index >= 15 is 0 Å². The molecule has 1 nitrogen and oxygen atoms in total. The van der Waals surface area contributed by atoms with Gasteiger partial charge in [-0.2, -0.15) is 0 Å². The zero-order chi connectivity index (χ0) is 14.4. The molecule has 0 bridgehead atoms. The summed E-state index contributed by atoms with van der Waals surface area (Å²) in [5, 5.41) is 3.77. The van der Waals surface area contributed by atoms with Gasteiger partial charge >= 0.3 is 0 Å². The Kier molecular flexibility index (Phi) is 5.89. The SMILES string of the molecule is CCNCc1ccc(SCc2c(F)cccc2Cl)cc1. The van der Waals surface area contributed by atoms with Gasteiger partial charge in [-0.25, -0.2) is 4.39 Å². The largest absolute Gasteiger partial charge is 0.313 e. The van der Waals surface area contributed by atoms with Crippen molar-refractivity contribution in [2.75, 3.05) is 6.54 Å². The molecule has 2 aromatic rings. The minimum atomic E-state index is -0.242. The highest BCUT2D eigenvalue weighted by Crippen LogP contribution is 2.28. The second-order valence-electron chi connectivity index (χ2n) is 4.41. The summed E-state index contributed by atoms with van der Waals surface area (Å²) in [6.07, 6.45) is 0. The van der Waals surface area contributed by atoms with E-state index in [9.17, 15) is 4.39 Å². The highest BCUT2D eigenvalue weighted by atomic mass is 35.5. The Balaban J connectivity index is 1.97. The Morgan fingerprint density at radius 3 is 2.55 bits per heavy atom. The fraction of sp³-hybridized carbons (Fsp3) is 0.250. The quantitative estimate of drug-likeness (QED) is 0.763. The van der Waals surface area contributed by atoms with Crippen LogP contribution in [0.2, 0.25) is 5.02 Å². The molecule has 0 fully saturated rings. The van der Waals surface area contributed by atoms with Crippen molar-refractivity contribution in [3.05, 3.63) is 64.4 Å². The number of nitrogens with one attached hydrogen (secondary N) is 1. The van der Waals surface area contributed by atoms with E-state index in [4.69, 9.17) is 11.6 Å². The standard InChI is InChI=1S/C16H17ClFNS/c1-2-19-10-12-6-8-13(9-7-12)20-11-14-15(17)4-3-5-16(14)18/h3-9,19H,2,10-11H2,1H3. The first kappa shape index (κ1) is 15.4. The summed E-state index contributed by atoms with van der Waals surface area (Å²) in [5.41, 5.74) is 1.82. The molecule has 4 heteroatoms. The van der Waals surface area contributed by atoms with Gasteiger partial charge in [0.15, 0.2) is 0 Å². The van der Waals surface area contributed by atoms with E-state index in [-0.39, 0.29) is 5.82 Å². The number of thioether (sulfide) groups is 1. The van der Waals surface area contributed by atoms with Crippen LogP contribution in [0.5, 0.6) is 0 Å². The number of hydrogen-bond donors (Lipinski definition) is 1. The third kappa shape index (κ3) is 4.23. The third-order valence-corrected chi connectivity index (χ3v) is 4.34. The Labute approximate surface area is 128 Å². The fourth-order valence-corrected chi connectivity index (χ4v) is 3.04. The lowest BCUT2D eigenvalue weighted by molar-refractivity contribution is 0.617. The van der Waals surface area contributed by atoms with Crippen LogP contribution >= 0.6 is 23.4 Å². The van der Waals surface area contributed by atoms with Crippen molar-refractivity contribution in [1.82, 2.24) is 5.32 Å². The molecule has 0 atom stereocenters. The second kappa shape index (κ2) is 7.67. The average molecular weight is 310 g/mol. The highest BCUT2D eigenvalue weighted by molar-refractivity contribution is 7.98. The van der Waals surface area contributed by atoms with Crippen LogP contribution in [0.1, 0.15) is 18.1 Å². The molecule has 0 aliphatic carbocycles.